The highest BCUT2D eigenvalue weighted by Crippen LogP contribution is 1.71. The van der Waals surface area contributed by atoms with Gasteiger partial charge in [0, 0.05) is 26.6 Å². The van der Waals surface area contributed by atoms with E-state index >= 15 is 0 Å². The monoisotopic (exact) mass is 205 g/mol. The summed E-state index contributed by atoms with van der Waals surface area (Å²) in [6, 6.07) is 0. The first kappa shape index (κ1) is 18.8. The molecular formula is C10H23NO3. The number of aliphatic hydroxyl groups is 1. The Morgan fingerprint density at radius 1 is 1.43 bits per heavy atom. The van der Waals surface area contributed by atoms with Gasteiger partial charge < -0.3 is 14.8 Å². The van der Waals surface area contributed by atoms with Crippen LogP contribution >= 0.6 is 0 Å². The van der Waals surface area contributed by atoms with Gasteiger partial charge in [0.05, 0.1) is 0 Å². The molecule has 0 aliphatic rings. The smallest absolute Gasteiger partial charge is 0.209 e. The van der Waals surface area contributed by atoms with Gasteiger partial charge in [-0.2, -0.15) is 0 Å². The number of Topliss-reactive ketones (excluding diaryl/α,β-unsaturated/α-hetero) is 1. The number of ketones is 1. The maximum Gasteiger partial charge on any atom is 0.209 e. The normalized spacial score (nSPS) is 7.71. The maximum atomic E-state index is 9.81. The summed E-state index contributed by atoms with van der Waals surface area (Å²) in [5.41, 5.74) is 0. The minimum absolute atomic E-state index is 0.167. The van der Waals surface area contributed by atoms with Gasteiger partial charge in [-0.3, -0.25) is 4.79 Å². The molecule has 0 atom stereocenters. The highest BCUT2D eigenvalue weighted by molar-refractivity contribution is 5.74. The molecule has 1 amide bonds. The highest BCUT2D eigenvalue weighted by Gasteiger charge is 1.76. The molecule has 0 aromatic rings. The molecule has 0 unspecified atom stereocenters. The molecule has 0 fully saturated rings. The summed E-state index contributed by atoms with van der Waals surface area (Å²) in [6.07, 6.45) is 1.25. The number of rotatable bonds is 2. The van der Waals surface area contributed by atoms with Gasteiger partial charge in [0.15, 0.2) is 0 Å². The van der Waals surface area contributed by atoms with Gasteiger partial charge >= 0.3 is 0 Å². The van der Waals surface area contributed by atoms with Crippen molar-refractivity contribution in [2.24, 2.45) is 0 Å². The second kappa shape index (κ2) is 14.6. The second-order valence-electron chi connectivity index (χ2n) is 3.22. The van der Waals surface area contributed by atoms with E-state index in [1.807, 2.05) is 6.92 Å². The number of aliphatic hydroxyl groups excluding tert-OH is 1. The van der Waals surface area contributed by atoms with Crippen molar-refractivity contribution in [2.75, 3.05) is 14.1 Å². The number of hydrogen-bond donors (Lipinski definition) is 1. The molecule has 0 radical (unpaired) electrons. The Hall–Kier alpha value is -0.900. The summed E-state index contributed by atoms with van der Waals surface area (Å²) in [7, 11) is 3.38. The summed E-state index contributed by atoms with van der Waals surface area (Å²) in [5, 5.41) is 8.06. The Morgan fingerprint density at radius 2 is 1.57 bits per heavy atom. The van der Waals surface area contributed by atoms with Gasteiger partial charge in [0.2, 0.25) is 6.41 Å². The van der Waals surface area contributed by atoms with Crippen molar-refractivity contribution < 1.29 is 14.7 Å². The van der Waals surface area contributed by atoms with Crippen molar-refractivity contribution >= 4 is 12.2 Å². The number of nitrogens with zero attached hydrogens (tertiary/aromatic N) is 1. The van der Waals surface area contributed by atoms with Crippen molar-refractivity contribution in [2.45, 2.75) is 40.2 Å². The average molecular weight is 205 g/mol. The quantitative estimate of drug-likeness (QED) is 0.686. The molecule has 0 aromatic carbocycles. The Balaban J connectivity index is -0.000000131. The number of amides is 1. The van der Waals surface area contributed by atoms with E-state index in [0.29, 0.717) is 6.42 Å². The van der Waals surface area contributed by atoms with Crippen molar-refractivity contribution in [1.29, 1.82) is 0 Å². The zero-order valence-electron chi connectivity index (χ0n) is 10.1. The molecule has 0 aliphatic carbocycles. The standard InChI is InChI=1S/C4H8O.C3H7NO.C3H8O/c1-3-4(2)5;1-4(2)3-5;1-3(2)4/h3H2,1-2H3;3H,1-2H3;3-4H,1-2H3. The summed E-state index contributed by atoms with van der Waals surface area (Å²) >= 11 is 0. The van der Waals surface area contributed by atoms with Crippen LogP contribution in [0.3, 0.4) is 0 Å². The molecule has 0 saturated carbocycles. The molecule has 4 nitrogen and oxygen atoms in total. The zero-order chi connectivity index (χ0) is 12.1. The first-order valence-corrected chi connectivity index (χ1v) is 4.57. The highest BCUT2D eigenvalue weighted by atomic mass is 16.3. The third-order valence-corrected chi connectivity index (χ3v) is 0.709. The van der Waals surface area contributed by atoms with E-state index in [9.17, 15) is 9.59 Å². The molecule has 4 heteroatoms. The number of hydrogen-bond acceptors (Lipinski definition) is 3. The van der Waals surface area contributed by atoms with Crippen LogP contribution < -0.4 is 0 Å². The van der Waals surface area contributed by atoms with E-state index in [-0.39, 0.29) is 11.9 Å². The lowest BCUT2D eigenvalue weighted by molar-refractivity contribution is -0.117. The Labute approximate surface area is 86.9 Å². The average Bonchev–Trinajstić information content (AvgIpc) is 2.04. The van der Waals surface area contributed by atoms with Crippen LogP contribution in [0, 0.1) is 0 Å². The first-order valence-electron chi connectivity index (χ1n) is 4.57. The Kier molecular flexibility index (Phi) is 19.6. The first-order chi connectivity index (χ1) is 6.27. The third kappa shape index (κ3) is 118. The molecule has 1 N–H and O–H groups in total. The second-order valence-corrected chi connectivity index (χ2v) is 3.22. The zero-order valence-corrected chi connectivity index (χ0v) is 10.1. The minimum Gasteiger partial charge on any atom is -0.394 e. The molecule has 0 heterocycles. The lowest BCUT2D eigenvalue weighted by Crippen LogP contribution is -2.06. The van der Waals surface area contributed by atoms with Crippen LogP contribution in [0.5, 0.6) is 0 Å². The fourth-order valence-corrected chi connectivity index (χ4v) is 0. The summed E-state index contributed by atoms with van der Waals surface area (Å²) in [4.78, 5) is 20.7. The van der Waals surface area contributed by atoms with Crippen molar-refractivity contribution in [3.05, 3.63) is 0 Å². The van der Waals surface area contributed by atoms with Gasteiger partial charge in [-0.1, -0.05) is 6.92 Å². The SMILES string of the molecule is CC(C)O.CCC(C)=O.CN(C)C=O. The lowest BCUT2D eigenvalue weighted by Gasteiger charge is -1.93. The van der Waals surface area contributed by atoms with Crippen molar-refractivity contribution in [1.82, 2.24) is 4.90 Å². The molecular weight excluding hydrogens is 182 g/mol. The van der Waals surface area contributed by atoms with E-state index in [0.717, 1.165) is 6.41 Å². The topological polar surface area (TPSA) is 57.6 Å². The van der Waals surface area contributed by atoms with Gasteiger partial charge in [-0.15, -0.1) is 0 Å². The van der Waals surface area contributed by atoms with Crippen molar-refractivity contribution in [3.8, 4) is 0 Å². The molecule has 0 spiro atoms. The number of carbonyl (C=O) groups excluding carboxylic acids is 2. The summed E-state index contributed by atoms with van der Waals surface area (Å²) in [6.45, 7) is 6.88. The number of carbonyl (C=O) groups is 2. The van der Waals surface area contributed by atoms with E-state index in [1.165, 1.54) is 4.90 Å². The van der Waals surface area contributed by atoms with Gasteiger partial charge in [0.25, 0.3) is 0 Å². The lowest BCUT2D eigenvalue weighted by atomic mass is 10.4. The fourth-order valence-electron chi connectivity index (χ4n) is 0. The van der Waals surface area contributed by atoms with Crippen LogP contribution in [-0.4, -0.2) is 42.4 Å². The predicted molar refractivity (Wildman–Crippen MR) is 58.1 cm³/mol. The molecule has 86 valence electrons. The van der Waals surface area contributed by atoms with E-state index in [2.05, 4.69) is 0 Å². The maximum absolute atomic E-state index is 9.81. The Morgan fingerprint density at radius 3 is 1.57 bits per heavy atom. The summed E-state index contributed by atoms with van der Waals surface area (Å²) in [5.74, 6) is 0.255. The van der Waals surface area contributed by atoms with Crippen LogP contribution in [0.15, 0.2) is 0 Å². The van der Waals surface area contributed by atoms with E-state index < -0.39 is 0 Å². The van der Waals surface area contributed by atoms with E-state index in [4.69, 9.17) is 5.11 Å². The van der Waals surface area contributed by atoms with Crippen molar-refractivity contribution in [3.63, 3.8) is 0 Å². The van der Waals surface area contributed by atoms with E-state index in [1.54, 1.807) is 34.9 Å². The largest absolute Gasteiger partial charge is 0.394 e. The molecule has 0 saturated heterocycles. The summed E-state index contributed by atoms with van der Waals surface area (Å²) < 4.78 is 0. The van der Waals surface area contributed by atoms with Gasteiger partial charge in [-0.05, 0) is 20.8 Å². The molecule has 0 bridgehead atoms. The van der Waals surface area contributed by atoms with Gasteiger partial charge in [0.1, 0.15) is 5.78 Å². The predicted octanol–water partition coefficient (Wildman–Crippen LogP) is 1.08. The molecule has 0 rings (SSSR count). The van der Waals surface area contributed by atoms with Gasteiger partial charge in [-0.25, -0.2) is 0 Å². The molecule has 14 heavy (non-hydrogen) atoms. The van der Waals surface area contributed by atoms with Crippen LogP contribution in [0.2, 0.25) is 0 Å². The third-order valence-electron chi connectivity index (χ3n) is 0.709. The molecule has 0 aromatic heterocycles. The van der Waals surface area contributed by atoms with Crippen LogP contribution in [0.25, 0.3) is 0 Å². The van der Waals surface area contributed by atoms with Crippen LogP contribution in [0.1, 0.15) is 34.1 Å². The minimum atomic E-state index is -0.167. The fraction of sp³-hybridized carbons (Fsp3) is 0.800. The van der Waals surface area contributed by atoms with Crippen LogP contribution in [-0.2, 0) is 9.59 Å². The molecule has 0 aliphatic heterocycles. The Bertz CT molecular complexity index is 131. The van der Waals surface area contributed by atoms with Crippen LogP contribution in [0.4, 0.5) is 0 Å².